The van der Waals surface area contributed by atoms with Crippen LogP contribution < -0.4 is 5.32 Å². The molecule has 2 aromatic carbocycles. The molecule has 0 radical (unpaired) electrons. The minimum absolute atomic E-state index is 0.00424. The summed E-state index contributed by atoms with van der Waals surface area (Å²) in [4.78, 5) is 31.7. The summed E-state index contributed by atoms with van der Waals surface area (Å²) in [5.41, 5.74) is 1.66. The number of benzene rings is 2. The van der Waals surface area contributed by atoms with Crippen LogP contribution in [0.3, 0.4) is 0 Å². The average molecular weight is 422 g/mol. The second kappa shape index (κ2) is 8.67. The molecule has 160 valence electrons. The lowest BCUT2D eigenvalue weighted by atomic mass is 9.97. The van der Waals surface area contributed by atoms with Crippen LogP contribution in [0.25, 0.3) is 0 Å². The zero-order valence-corrected chi connectivity index (χ0v) is 17.4. The van der Waals surface area contributed by atoms with Crippen molar-refractivity contribution >= 4 is 17.5 Å². The summed E-state index contributed by atoms with van der Waals surface area (Å²) in [6.07, 6.45) is 1.71. The number of carbonyl (C=O) groups is 2. The Bertz CT molecular complexity index is 1130. The molecule has 8 heteroatoms. The number of hydrogen-bond acceptors (Lipinski definition) is 5. The summed E-state index contributed by atoms with van der Waals surface area (Å²) in [7, 11) is 0. The SMILES string of the molecule is Cc1noc(C2CCCN(C(=O)c3ccc(C)c(NC(=O)c4ccccc4F)c3)C2)n1. The molecule has 0 bridgehead atoms. The van der Waals surface area contributed by atoms with E-state index < -0.39 is 11.7 Å². The van der Waals surface area contributed by atoms with Crippen molar-refractivity contribution in [2.24, 2.45) is 0 Å². The molecule has 0 saturated carbocycles. The predicted molar refractivity (Wildman–Crippen MR) is 112 cm³/mol. The number of aryl methyl sites for hydroxylation is 2. The van der Waals surface area contributed by atoms with Crippen molar-refractivity contribution in [3.8, 4) is 0 Å². The maximum atomic E-state index is 13.9. The first kappa shape index (κ1) is 20.7. The number of amides is 2. The maximum Gasteiger partial charge on any atom is 0.258 e. The molecular formula is C23H23FN4O3. The number of nitrogens with one attached hydrogen (secondary N) is 1. The molecule has 1 aliphatic heterocycles. The van der Waals surface area contributed by atoms with Crippen LogP contribution in [0.15, 0.2) is 47.0 Å². The van der Waals surface area contributed by atoms with E-state index in [1.54, 1.807) is 36.1 Å². The average Bonchev–Trinajstić information content (AvgIpc) is 3.21. The Hall–Kier alpha value is -3.55. The highest BCUT2D eigenvalue weighted by atomic mass is 19.1. The third-order valence-electron chi connectivity index (χ3n) is 5.45. The molecule has 1 saturated heterocycles. The lowest BCUT2D eigenvalue weighted by molar-refractivity contribution is 0.0695. The molecule has 2 heterocycles. The summed E-state index contributed by atoms with van der Waals surface area (Å²) in [5, 5.41) is 6.56. The van der Waals surface area contributed by atoms with Crippen LogP contribution in [0.5, 0.6) is 0 Å². The van der Waals surface area contributed by atoms with E-state index in [0.29, 0.717) is 36.1 Å². The molecule has 1 aromatic heterocycles. The van der Waals surface area contributed by atoms with Crippen molar-refractivity contribution in [3.05, 3.63) is 76.7 Å². The minimum Gasteiger partial charge on any atom is -0.339 e. The fraction of sp³-hybridized carbons (Fsp3) is 0.304. The van der Waals surface area contributed by atoms with Gasteiger partial charge in [0.1, 0.15) is 5.82 Å². The van der Waals surface area contributed by atoms with Crippen LogP contribution >= 0.6 is 0 Å². The third-order valence-corrected chi connectivity index (χ3v) is 5.45. The van der Waals surface area contributed by atoms with Gasteiger partial charge >= 0.3 is 0 Å². The Kier molecular flexibility index (Phi) is 5.79. The van der Waals surface area contributed by atoms with Gasteiger partial charge in [-0.25, -0.2) is 4.39 Å². The molecule has 31 heavy (non-hydrogen) atoms. The fourth-order valence-electron chi connectivity index (χ4n) is 3.75. The number of rotatable bonds is 4. The first-order chi connectivity index (χ1) is 14.9. The zero-order valence-electron chi connectivity index (χ0n) is 17.4. The minimum atomic E-state index is -0.597. The topological polar surface area (TPSA) is 88.3 Å². The number of anilines is 1. The smallest absolute Gasteiger partial charge is 0.258 e. The van der Waals surface area contributed by atoms with Gasteiger partial charge in [0, 0.05) is 24.3 Å². The van der Waals surface area contributed by atoms with Gasteiger partial charge in [-0.1, -0.05) is 23.4 Å². The van der Waals surface area contributed by atoms with Crippen molar-refractivity contribution in [1.29, 1.82) is 0 Å². The Morgan fingerprint density at radius 1 is 1.19 bits per heavy atom. The largest absolute Gasteiger partial charge is 0.339 e. The van der Waals surface area contributed by atoms with Crippen molar-refractivity contribution in [1.82, 2.24) is 15.0 Å². The second-order valence-electron chi connectivity index (χ2n) is 7.73. The third kappa shape index (κ3) is 4.47. The van der Waals surface area contributed by atoms with E-state index in [0.717, 1.165) is 18.4 Å². The normalized spacial score (nSPS) is 16.2. The van der Waals surface area contributed by atoms with Gasteiger partial charge < -0.3 is 14.7 Å². The summed E-state index contributed by atoms with van der Waals surface area (Å²) < 4.78 is 19.2. The van der Waals surface area contributed by atoms with Crippen molar-refractivity contribution in [2.45, 2.75) is 32.6 Å². The first-order valence-electron chi connectivity index (χ1n) is 10.2. The fourth-order valence-corrected chi connectivity index (χ4v) is 3.75. The number of carbonyl (C=O) groups excluding carboxylic acids is 2. The monoisotopic (exact) mass is 422 g/mol. The number of piperidine rings is 1. The van der Waals surface area contributed by atoms with E-state index in [4.69, 9.17) is 4.52 Å². The number of likely N-dealkylation sites (tertiary alicyclic amines) is 1. The first-order valence-corrected chi connectivity index (χ1v) is 10.2. The summed E-state index contributed by atoms with van der Waals surface area (Å²) in [6.45, 7) is 4.71. The van der Waals surface area contributed by atoms with Crippen LogP contribution in [-0.2, 0) is 0 Å². The van der Waals surface area contributed by atoms with Gasteiger partial charge in [-0.2, -0.15) is 4.98 Å². The zero-order chi connectivity index (χ0) is 22.0. The van der Waals surface area contributed by atoms with Gasteiger partial charge in [0.25, 0.3) is 11.8 Å². The maximum absolute atomic E-state index is 13.9. The highest BCUT2D eigenvalue weighted by Gasteiger charge is 2.29. The van der Waals surface area contributed by atoms with Crippen LogP contribution in [0.4, 0.5) is 10.1 Å². The van der Waals surface area contributed by atoms with Gasteiger partial charge in [0.2, 0.25) is 5.89 Å². The van der Waals surface area contributed by atoms with E-state index in [-0.39, 0.29) is 17.4 Å². The van der Waals surface area contributed by atoms with Gasteiger partial charge in [-0.05, 0) is 56.5 Å². The lowest BCUT2D eigenvalue weighted by Crippen LogP contribution is -2.39. The lowest BCUT2D eigenvalue weighted by Gasteiger charge is -2.31. The second-order valence-corrected chi connectivity index (χ2v) is 7.73. The van der Waals surface area contributed by atoms with Gasteiger partial charge in [-0.3, -0.25) is 9.59 Å². The van der Waals surface area contributed by atoms with Gasteiger partial charge in [0.15, 0.2) is 5.82 Å². The van der Waals surface area contributed by atoms with Crippen molar-refractivity contribution in [3.63, 3.8) is 0 Å². The quantitative estimate of drug-likeness (QED) is 0.684. The Balaban J connectivity index is 1.51. The molecule has 3 aromatic rings. The summed E-state index contributed by atoms with van der Waals surface area (Å²) in [5.74, 6) is -0.160. The molecule has 1 atom stereocenters. The molecule has 0 spiro atoms. The van der Waals surface area contributed by atoms with Gasteiger partial charge in [-0.15, -0.1) is 0 Å². The molecule has 2 amide bonds. The highest BCUT2D eigenvalue weighted by molar-refractivity contribution is 6.05. The van der Waals surface area contributed by atoms with E-state index in [9.17, 15) is 14.0 Å². The molecule has 1 aliphatic rings. The van der Waals surface area contributed by atoms with E-state index in [1.807, 2.05) is 6.92 Å². The molecule has 1 unspecified atom stereocenters. The summed E-state index contributed by atoms with van der Waals surface area (Å²) in [6, 6.07) is 10.9. The number of nitrogens with zero attached hydrogens (tertiary/aromatic N) is 3. The van der Waals surface area contributed by atoms with Crippen LogP contribution in [-0.4, -0.2) is 39.9 Å². The van der Waals surface area contributed by atoms with Crippen LogP contribution in [0.1, 0.15) is 56.8 Å². The van der Waals surface area contributed by atoms with E-state index in [2.05, 4.69) is 15.5 Å². The van der Waals surface area contributed by atoms with E-state index in [1.165, 1.54) is 18.2 Å². The van der Waals surface area contributed by atoms with Crippen LogP contribution in [0, 0.1) is 19.7 Å². The molecular weight excluding hydrogens is 399 g/mol. The Morgan fingerprint density at radius 2 is 2.00 bits per heavy atom. The molecule has 0 aliphatic carbocycles. The molecule has 1 fully saturated rings. The number of halogens is 1. The van der Waals surface area contributed by atoms with Crippen molar-refractivity contribution < 1.29 is 18.5 Å². The predicted octanol–water partition coefficient (Wildman–Crippen LogP) is 4.10. The molecule has 7 nitrogen and oxygen atoms in total. The number of aromatic nitrogens is 2. The summed E-state index contributed by atoms with van der Waals surface area (Å²) >= 11 is 0. The standard InChI is InChI=1S/C23H23FN4O3/c1-14-9-10-16(12-20(14)26-21(29)18-7-3-4-8-19(18)24)23(30)28-11-5-6-17(13-28)22-25-15(2)27-31-22/h3-4,7-10,12,17H,5-6,11,13H2,1-2H3,(H,26,29). The van der Waals surface area contributed by atoms with Crippen LogP contribution in [0.2, 0.25) is 0 Å². The Morgan fingerprint density at radius 3 is 2.74 bits per heavy atom. The number of hydrogen-bond donors (Lipinski definition) is 1. The van der Waals surface area contributed by atoms with Crippen molar-refractivity contribution in [2.75, 3.05) is 18.4 Å². The van der Waals surface area contributed by atoms with Gasteiger partial charge in [0.05, 0.1) is 11.5 Å². The van der Waals surface area contributed by atoms with E-state index >= 15 is 0 Å². The molecule has 1 N–H and O–H groups in total. The highest BCUT2D eigenvalue weighted by Crippen LogP contribution is 2.27. The Labute approximate surface area is 179 Å². The molecule has 4 rings (SSSR count).